The largest absolute Gasteiger partial charge is 0.392 e. The number of nitrogens with zero attached hydrogens (tertiary/aromatic N) is 3. The van der Waals surface area contributed by atoms with E-state index in [0.717, 1.165) is 5.52 Å². The maximum atomic E-state index is 13.2. The molecule has 9 nitrogen and oxygen atoms in total. The Balaban J connectivity index is 1.50. The van der Waals surface area contributed by atoms with Crippen molar-refractivity contribution in [1.82, 2.24) is 20.0 Å². The maximum Gasteiger partial charge on any atom is 0.276 e. The van der Waals surface area contributed by atoms with Crippen LogP contribution in [0, 0.1) is 0 Å². The number of fused-ring (bicyclic) bond motifs is 2. The zero-order valence-electron chi connectivity index (χ0n) is 19.8. The van der Waals surface area contributed by atoms with Gasteiger partial charge in [0.25, 0.3) is 11.5 Å². The van der Waals surface area contributed by atoms with Crippen molar-refractivity contribution in [2.45, 2.75) is 32.6 Å². The number of H-pyrrole nitrogens is 1. The Morgan fingerprint density at radius 1 is 1.03 bits per heavy atom. The zero-order valence-corrected chi connectivity index (χ0v) is 19.8. The number of aliphatic hydroxyl groups excluding tert-OH is 1. The summed E-state index contributed by atoms with van der Waals surface area (Å²) in [5.74, 6) is -0.412. The molecule has 2 heterocycles. The number of rotatable bonds is 6. The van der Waals surface area contributed by atoms with Crippen molar-refractivity contribution in [2.24, 2.45) is 0 Å². The van der Waals surface area contributed by atoms with Gasteiger partial charge in [-0.25, -0.2) is 5.10 Å². The Bertz CT molecular complexity index is 1660. The number of para-hydroxylation sites is 1. The van der Waals surface area contributed by atoms with Crippen molar-refractivity contribution in [3.63, 3.8) is 0 Å². The van der Waals surface area contributed by atoms with Gasteiger partial charge >= 0.3 is 0 Å². The fraction of sp³-hybridized carbons (Fsp3) is 0.185. The second kappa shape index (κ2) is 9.03. The summed E-state index contributed by atoms with van der Waals surface area (Å²) < 4.78 is 1.62. The molecule has 4 N–H and O–H groups in total. The van der Waals surface area contributed by atoms with Crippen molar-refractivity contribution < 1.29 is 15.0 Å². The van der Waals surface area contributed by atoms with Crippen molar-refractivity contribution >= 4 is 33.3 Å². The van der Waals surface area contributed by atoms with Gasteiger partial charge in [0.05, 0.1) is 35.3 Å². The van der Waals surface area contributed by atoms with E-state index in [0.29, 0.717) is 38.7 Å². The number of aromatic amines is 1. The predicted molar refractivity (Wildman–Crippen MR) is 138 cm³/mol. The van der Waals surface area contributed by atoms with Crippen LogP contribution in [0.5, 0.6) is 0 Å². The molecule has 182 valence electrons. The van der Waals surface area contributed by atoms with Crippen LogP contribution < -0.4 is 10.9 Å². The summed E-state index contributed by atoms with van der Waals surface area (Å²) in [6, 6.07) is 19.6. The lowest BCUT2D eigenvalue weighted by Crippen LogP contribution is -2.27. The van der Waals surface area contributed by atoms with Gasteiger partial charge in [0.1, 0.15) is 0 Å². The number of carbonyl (C=O) groups is 1. The third-order valence-electron chi connectivity index (χ3n) is 5.89. The summed E-state index contributed by atoms with van der Waals surface area (Å²) in [6.07, 6.45) is 0. The minimum atomic E-state index is -1.01. The number of aromatic nitrogens is 4. The van der Waals surface area contributed by atoms with Crippen molar-refractivity contribution in [1.29, 1.82) is 0 Å². The first-order valence-corrected chi connectivity index (χ1v) is 11.5. The van der Waals surface area contributed by atoms with Crippen LogP contribution in [0.1, 0.15) is 29.9 Å². The molecule has 0 atom stereocenters. The van der Waals surface area contributed by atoms with E-state index in [9.17, 15) is 19.8 Å². The van der Waals surface area contributed by atoms with E-state index in [1.165, 1.54) is 0 Å². The van der Waals surface area contributed by atoms with Crippen LogP contribution >= 0.6 is 0 Å². The van der Waals surface area contributed by atoms with E-state index in [1.54, 1.807) is 54.9 Å². The first-order valence-electron chi connectivity index (χ1n) is 11.5. The predicted octanol–water partition coefficient (Wildman–Crippen LogP) is 3.46. The number of hydrogen-bond donors (Lipinski definition) is 4. The highest BCUT2D eigenvalue weighted by Gasteiger charge is 2.22. The third-order valence-corrected chi connectivity index (χ3v) is 5.89. The third kappa shape index (κ3) is 4.37. The van der Waals surface area contributed by atoms with Crippen molar-refractivity contribution in [2.75, 3.05) is 5.32 Å². The van der Waals surface area contributed by atoms with Crippen molar-refractivity contribution in [3.05, 3.63) is 88.3 Å². The number of nitrogens with one attached hydrogen (secondary N) is 2. The SMILES string of the molecule is CC(C)(O)Cn1nc(C(=O)Nc2ccc(-c3n[nH]c(=O)c4ccccc34)c(CO)c2)c2ccccc21. The molecule has 1 amide bonds. The van der Waals surface area contributed by atoms with Gasteiger partial charge in [0, 0.05) is 22.0 Å². The number of carbonyl (C=O) groups excluding carboxylic acids is 1. The number of aliphatic hydroxyl groups is 2. The summed E-state index contributed by atoms with van der Waals surface area (Å²) >= 11 is 0. The molecule has 0 saturated heterocycles. The second-order valence-corrected chi connectivity index (χ2v) is 9.27. The average Bonchev–Trinajstić information content (AvgIpc) is 3.22. The van der Waals surface area contributed by atoms with Gasteiger partial charge in [-0.3, -0.25) is 14.3 Å². The van der Waals surface area contributed by atoms with Crippen LogP contribution in [0.25, 0.3) is 32.9 Å². The average molecular weight is 484 g/mol. The fourth-order valence-corrected chi connectivity index (χ4v) is 4.33. The highest BCUT2D eigenvalue weighted by molar-refractivity contribution is 6.11. The molecular weight excluding hydrogens is 458 g/mol. The van der Waals surface area contributed by atoms with Crippen LogP contribution in [0.3, 0.4) is 0 Å². The van der Waals surface area contributed by atoms with Crippen LogP contribution in [0.4, 0.5) is 5.69 Å². The summed E-state index contributed by atoms with van der Waals surface area (Å²) in [5.41, 5.74) is 1.86. The molecule has 0 radical (unpaired) electrons. The number of anilines is 1. The highest BCUT2D eigenvalue weighted by Crippen LogP contribution is 2.30. The Labute approximate surface area is 206 Å². The van der Waals surface area contributed by atoms with E-state index in [2.05, 4.69) is 20.6 Å². The van der Waals surface area contributed by atoms with E-state index in [1.807, 2.05) is 30.3 Å². The van der Waals surface area contributed by atoms with Gasteiger partial charge in [-0.2, -0.15) is 10.2 Å². The van der Waals surface area contributed by atoms with Gasteiger partial charge in [-0.05, 0) is 43.7 Å². The Hall–Kier alpha value is -4.34. The van der Waals surface area contributed by atoms with Gasteiger partial charge in [-0.1, -0.05) is 42.5 Å². The van der Waals surface area contributed by atoms with Crippen molar-refractivity contribution in [3.8, 4) is 11.3 Å². The lowest BCUT2D eigenvalue weighted by Gasteiger charge is -2.17. The molecule has 0 aliphatic rings. The van der Waals surface area contributed by atoms with Gasteiger partial charge < -0.3 is 15.5 Å². The Morgan fingerprint density at radius 2 is 1.72 bits per heavy atom. The molecule has 5 rings (SSSR count). The second-order valence-electron chi connectivity index (χ2n) is 9.27. The topological polar surface area (TPSA) is 133 Å². The molecule has 2 aromatic heterocycles. The summed E-state index contributed by atoms with van der Waals surface area (Å²) in [5, 5.41) is 36.2. The fourth-order valence-electron chi connectivity index (χ4n) is 4.33. The Kier molecular flexibility index (Phi) is 5.87. The van der Waals surface area contributed by atoms with Crippen LogP contribution in [-0.4, -0.2) is 41.7 Å². The van der Waals surface area contributed by atoms with Gasteiger partial charge in [-0.15, -0.1) is 0 Å². The standard InChI is InChI=1S/C27H25N5O4/c1-27(2,36)15-32-22-10-6-5-9-21(22)24(31-32)26(35)28-17-11-12-18(16(13-17)14-33)23-19-7-3-4-8-20(19)25(34)30-29-23/h3-13,33,36H,14-15H2,1-2H3,(H,28,35)(H,30,34). The number of hydrogen-bond acceptors (Lipinski definition) is 6. The lowest BCUT2D eigenvalue weighted by molar-refractivity contribution is 0.0588. The first-order chi connectivity index (χ1) is 17.2. The van der Waals surface area contributed by atoms with E-state index in [-0.39, 0.29) is 24.4 Å². The normalized spacial score (nSPS) is 11.8. The monoisotopic (exact) mass is 483 g/mol. The highest BCUT2D eigenvalue weighted by atomic mass is 16.3. The summed E-state index contributed by atoms with van der Waals surface area (Å²) in [6.45, 7) is 3.30. The Morgan fingerprint density at radius 3 is 2.44 bits per heavy atom. The van der Waals surface area contributed by atoms with E-state index < -0.39 is 11.5 Å². The molecule has 0 saturated carbocycles. The smallest absolute Gasteiger partial charge is 0.276 e. The zero-order chi connectivity index (χ0) is 25.4. The molecule has 0 bridgehead atoms. The number of amides is 1. The molecule has 9 heteroatoms. The van der Waals surface area contributed by atoms with Gasteiger partial charge in [0.2, 0.25) is 0 Å². The first kappa shape index (κ1) is 23.4. The quantitative estimate of drug-likeness (QED) is 0.292. The molecule has 0 aliphatic carbocycles. The molecule has 3 aromatic carbocycles. The maximum absolute atomic E-state index is 13.2. The van der Waals surface area contributed by atoms with Crippen LogP contribution in [-0.2, 0) is 13.2 Å². The summed E-state index contributed by atoms with van der Waals surface area (Å²) in [7, 11) is 0. The molecule has 0 aliphatic heterocycles. The molecule has 5 aromatic rings. The van der Waals surface area contributed by atoms with E-state index >= 15 is 0 Å². The minimum Gasteiger partial charge on any atom is -0.392 e. The summed E-state index contributed by atoms with van der Waals surface area (Å²) in [4.78, 5) is 25.4. The van der Waals surface area contributed by atoms with E-state index in [4.69, 9.17) is 0 Å². The van der Waals surface area contributed by atoms with Crippen LogP contribution in [0.2, 0.25) is 0 Å². The van der Waals surface area contributed by atoms with Crippen LogP contribution in [0.15, 0.2) is 71.5 Å². The molecule has 0 fully saturated rings. The lowest BCUT2D eigenvalue weighted by atomic mass is 9.99. The number of benzene rings is 3. The minimum absolute atomic E-state index is 0.226. The molecule has 0 spiro atoms. The van der Waals surface area contributed by atoms with Gasteiger partial charge in [0.15, 0.2) is 5.69 Å². The molecule has 36 heavy (non-hydrogen) atoms. The molecule has 0 unspecified atom stereocenters. The molecular formula is C27H25N5O4.